The van der Waals surface area contributed by atoms with Crippen molar-refractivity contribution < 1.29 is 9.53 Å². The molecule has 1 rings (SSSR count). The van der Waals surface area contributed by atoms with E-state index in [0.29, 0.717) is 11.6 Å². The minimum atomic E-state index is -0.281. The Morgan fingerprint density at radius 2 is 1.78 bits per heavy atom. The molecule has 0 aliphatic rings. The number of ether oxygens (including phenoxy) is 1. The quantitative estimate of drug-likeness (QED) is 0.637. The Morgan fingerprint density at radius 1 is 1.22 bits per heavy atom. The molecule has 102 valence electrons. The van der Waals surface area contributed by atoms with Crippen molar-refractivity contribution in [3.63, 3.8) is 0 Å². The van der Waals surface area contributed by atoms with Crippen LogP contribution in [0.2, 0.25) is 0 Å². The highest BCUT2D eigenvalue weighted by molar-refractivity contribution is 5.89. The number of carbonyl (C=O) groups is 1. The van der Waals surface area contributed by atoms with Gasteiger partial charge in [-0.3, -0.25) is 5.32 Å². The van der Waals surface area contributed by atoms with Crippen molar-refractivity contribution in [2.75, 3.05) is 0 Å². The molecule has 0 saturated heterocycles. The van der Waals surface area contributed by atoms with Gasteiger partial charge in [0, 0.05) is 6.04 Å². The fourth-order valence-corrected chi connectivity index (χ4v) is 1.69. The molecular weight excluding hydrogens is 250 g/mol. The van der Waals surface area contributed by atoms with Crippen LogP contribution in [0.5, 0.6) is 0 Å². The average molecular weight is 272 g/mol. The van der Waals surface area contributed by atoms with Gasteiger partial charge in [0.25, 0.3) is 0 Å². The summed E-state index contributed by atoms with van der Waals surface area (Å²) in [5, 5.41) is 3.27. The van der Waals surface area contributed by atoms with Gasteiger partial charge in [-0.1, -0.05) is 32.0 Å². The topological polar surface area (TPSA) is 38.3 Å². The Balaban J connectivity index is 0.00000289. The monoisotopic (exact) mass is 271 g/mol. The Kier molecular flexibility index (Phi) is 8.42. The minimum Gasteiger partial charge on any atom is -0.443 e. The van der Waals surface area contributed by atoms with Gasteiger partial charge in [-0.25, -0.2) is 4.79 Å². The molecule has 1 N–H and O–H groups in total. The molecule has 0 spiro atoms. The lowest BCUT2D eigenvalue weighted by Gasteiger charge is -2.21. The van der Waals surface area contributed by atoms with Crippen molar-refractivity contribution in [1.82, 2.24) is 5.32 Å². The van der Waals surface area contributed by atoms with Gasteiger partial charge in [-0.15, -0.1) is 12.4 Å². The Labute approximate surface area is 115 Å². The average Bonchev–Trinajstić information content (AvgIpc) is 2.37. The third kappa shape index (κ3) is 5.52. The number of halogens is 1. The van der Waals surface area contributed by atoms with E-state index < -0.39 is 0 Å². The molecular formula is C14H22ClNO2. The number of hydrogen-bond donors (Lipinski definition) is 1. The molecule has 3 nitrogen and oxygen atoms in total. The SMILES string of the molecule is CCC(CC)NC(C)OC(=O)c1ccccc1.Cl. The molecule has 1 aromatic rings. The highest BCUT2D eigenvalue weighted by Crippen LogP contribution is 2.04. The molecule has 0 aliphatic carbocycles. The van der Waals surface area contributed by atoms with E-state index in [1.165, 1.54) is 0 Å². The molecule has 0 saturated carbocycles. The number of esters is 1. The first-order chi connectivity index (χ1) is 8.17. The van der Waals surface area contributed by atoms with E-state index in [1.54, 1.807) is 12.1 Å². The Bertz CT molecular complexity index is 339. The van der Waals surface area contributed by atoms with E-state index >= 15 is 0 Å². The molecule has 1 aromatic carbocycles. The zero-order valence-electron chi connectivity index (χ0n) is 11.2. The lowest BCUT2D eigenvalue weighted by Crippen LogP contribution is -2.38. The third-order valence-electron chi connectivity index (χ3n) is 2.75. The van der Waals surface area contributed by atoms with E-state index in [0.717, 1.165) is 12.8 Å². The van der Waals surface area contributed by atoms with Crippen molar-refractivity contribution in [2.45, 2.75) is 45.9 Å². The molecule has 1 atom stereocenters. The van der Waals surface area contributed by atoms with Crippen molar-refractivity contribution in [2.24, 2.45) is 0 Å². The number of hydrogen-bond acceptors (Lipinski definition) is 3. The van der Waals surface area contributed by atoms with Crippen LogP contribution >= 0.6 is 12.4 Å². The van der Waals surface area contributed by atoms with Gasteiger partial charge in [0.15, 0.2) is 6.23 Å². The number of rotatable bonds is 6. The molecule has 4 heteroatoms. The molecule has 0 aliphatic heterocycles. The van der Waals surface area contributed by atoms with Gasteiger partial charge in [0.1, 0.15) is 0 Å². The fourth-order valence-electron chi connectivity index (χ4n) is 1.69. The van der Waals surface area contributed by atoms with Crippen LogP contribution in [0, 0.1) is 0 Å². The normalized spacial score (nSPS) is 11.8. The molecule has 0 radical (unpaired) electrons. The fraction of sp³-hybridized carbons (Fsp3) is 0.500. The highest BCUT2D eigenvalue weighted by Gasteiger charge is 2.13. The van der Waals surface area contributed by atoms with Gasteiger partial charge in [0.2, 0.25) is 0 Å². The minimum absolute atomic E-state index is 0. The van der Waals surface area contributed by atoms with Crippen molar-refractivity contribution in [1.29, 1.82) is 0 Å². The third-order valence-corrected chi connectivity index (χ3v) is 2.75. The Morgan fingerprint density at radius 3 is 2.28 bits per heavy atom. The number of benzene rings is 1. The molecule has 18 heavy (non-hydrogen) atoms. The van der Waals surface area contributed by atoms with Crippen LogP contribution in [0.1, 0.15) is 44.0 Å². The van der Waals surface area contributed by atoms with Crippen LogP contribution in [0.4, 0.5) is 0 Å². The van der Waals surface area contributed by atoms with E-state index in [-0.39, 0.29) is 24.6 Å². The molecule has 0 amide bonds. The van der Waals surface area contributed by atoms with Gasteiger partial charge in [-0.2, -0.15) is 0 Å². The summed E-state index contributed by atoms with van der Waals surface area (Å²) in [6.07, 6.45) is 1.81. The lowest BCUT2D eigenvalue weighted by molar-refractivity contribution is 0.0232. The summed E-state index contributed by atoms with van der Waals surface area (Å²) in [5.74, 6) is -0.281. The molecule has 0 fully saturated rings. The second-order valence-corrected chi connectivity index (χ2v) is 4.09. The lowest BCUT2D eigenvalue weighted by atomic mass is 10.2. The van der Waals surface area contributed by atoms with Crippen LogP contribution < -0.4 is 5.32 Å². The maximum atomic E-state index is 11.8. The van der Waals surface area contributed by atoms with Crippen molar-refractivity contribution >= 4 is 18.4 Å². The number of carbonyl (C=O) groups excluding carboxylic acids is 1. The van der Waals surface area contributed by atoms with Crippen LogP contribution in [0.15, 0.2) is 30.3 Å². The zero-order valence-corrected chi connectivity index (χ0v) is 12.0. The first kappa shape index (κ1) is 16.9. The first-order valence-electron chi connectivity index (χ1n) is 6.19. The summed E-state index contributed by atoms with van der Waals surface area (Å²) in [6, 6.07) is 9.44. The maximum Gasteiger partial charge on any atom is 0.339 e. The van der Waals surface area contributed by atoms with Gasteiger partial charge < -0.3 is 4.74 Å². The molecule has 0 heterocycles. The molecule has 0 aromatic heterocycles. The van der Waals surface area contributed by atoms with E-state index in [1.807, 2.05) is 25.1 Å². The summed E-state index contributed by atoms with van der Waals surface area (Å²) in [4.78, 5) is 11.8. The van der Waals surface area contributed by atoms with Gasteiger partial charge >= 0.3 is 5.97 Å². The Hall–Kier alpha value is -1.06. The van der Waals surface area contributed by atoms with E-state index in [4.69, 9.17) is 4.74 Å². The van der Waals surface area contributed by atoms with Crippen molar-refractivity contribution in [3.05, 3.63) is 35.9 Å². The summed E-state index contributed by atoms with van der Waals surface area (Å²) in [6.45, 7) is 6.10. The number of nitrogens with one attached hydrogen (secondary N) is 1. The predicted octanol–water partition coefficient (Wildman–Crippen LogP) is 3.39. The van der Waals surface area contributed by atoms with E-state index in [9.17, 15) is 4.79 Å². The van der Waals surface area contributed by atoms with Gasteiger partial charge in [0.05, 0.1) is 5.56 Å². The van der Waals surface area contributed by atoms with Crippen LogP contribution in [-0.2, 0) is 4.74 Å². The van der Waals surface area contributed by atoms with Crippen LogP contribution in [0.3, 0.4) is 0 Å². The summed E-state index contributed by atoms with van der Waals surface area (Å²) in [7, 11) is 0. The van der Waals surface area contributed by atoms with Crippen LogP contribution in [-0.4, -0.2) is 18.2 Å². The molecule has 0 bridgehead atoms. The second-order valence-electron chi connectivity index (χ2n) is 4.09. The first-order valence-corrected chi connectivity index (χ1v) is 6.19. The second kappa shape index (κ2) is 8.95. The largest absolute Gasteiger partial charge is 0.443 e. The smallest absolute Gasteiger partial charge is 0.339 e. The van der Waals surface area contributed by atoms with Crippen LogP contribution in [0.25, 0.3) is 0 Å². The van der Waals surface area contributed by atoms with Crippen molar-refractivity contribution in [3.8, 4) is 0 Å². The summed E-state index contributed by atoms with van der Waals surface area (Å²) >= 11 is 0. The van der Waals surface area contributed by atoms with E-state index in [2.05, 4.69) is 19.2 Å². The molecule has 1 unspecified atom stereocenters. The van der Waals surface area contributed by atoms with Gasteiger partial charge in [-0.05, 0) is 31.9 Å². The zero-order chi connectivity index (χ0) is 12.7. The summed E-state index contributed by atoms with van der Waals surface area (Å²) in [5.41, 5.74) is 0.589. The highest BCUT2D eigenvalue weighted by atomic mass is 35.5. The standard InChI is InChI=1S/C14H21NO2.ClH/c1-4-13(5-2)15-11(3)17-14(16)12-9-7-6-8-10-12;/h6-11,13,15H,4-5H2,1-3H3;1H. The predicted molar refractivity (Wildman–Crippen MR) is 76.1 cm³/mol. The maximum absolute atomic E-state index is 11.8. The summed E-state index contributed by atoms with van der Waals surface area (Å²) < 4.78 is 5.32.